The molecule has 1 unspecified atom stereocenters. The number of carbonyl (C=O) groups excluding carboxylic acids is 2. The smallest absolute Gasteiger partial charge is 0.340 e. The van der Waals surface area contributed by atoms with Gasteiger partial charge >= 0.3 is 11.7 Å². The first kappa shape index (κ1) is 25.5. The van der Waals surface area contributed by atoms with Crippen molar-refractivity contribution in [1.29, 1.82) is 0 Å². The van der Waals surface area contributed by atoms with Crippen LogP contribution in [0, 0.1) is 10.1 Å². The zero-order chi connectivity index (χ0) is 27.4. The summed E-state index contributed by atoms with van der Waals surface area (Å²) in [6, 6.07) is 26.7. The van der Waals surface area contributed by atoms with Crippen LogP contribution in [0.1, 0.15) is 24.0 Å². The van der Waals surface area contributed by atoms with Crippen molar-refractivity contribution in [2.75, 3.05) is 13.2 Å². The second-order valence-corrected chi connectivity index (χ2v) is 8.67. The summed E-state index contributed by atoms with van der Waals surface area (Å²) in [4.78, 5) is 37.1. The lowest BCUT2D eigenvalue weighted by molar-refractivity contribution is -0.385. The molecule has 0 saturated carbocycles. The molecule has 1 N–H and O–H groups in total. The molecule has 0 aromatic heterocycles. The summed E-state index contributed by atoms with van der Waals surface area (Å²) in [5.74, 6) is -1.57. The van der Waals surface area contributed by atoms with E-state index in [2.05, 4.69) is 5.32 Å². The predicted molar refractivity (Wildman–Crippen MR) is 143 cm³/mol. The highest BCUT2D eigenvalue weighted by atomic mass is 16.6. The summed E-state index contributed by atoms with van der Waals surface area (Å²) in [6.45, 7) is 1.27. The third-order valence-electron chi connectivity index (χ3n) is 6.27. The second-order valence-electron chi connectivity index (χ2n) is 8.67. The van der Waals surface area contributed by atoms with Crippen molar-refractivity contribution in [1.82, 2.24) is 5.32 Å². The average Bonchev–Trinajstić information content (AvgIpc) is 2.96. The molecule has 1 heterocycles. The van der Waals surface area contributed by atoms with Crippen LogP contribution in [-0.2, 0) is 14.3 Å². The van der Waals surface area contributed by atoms with Gasteiger partial charge in [0, 0.05) is 11.6 Å². The molecule has 1 aliphatic rings. The Kier molecular flexibility index (Phi) is 7.22. The van der Waals surface area contributed by atoms with Crippen molar-refractivity contribution in [3.8, 4) is 11.5 Å². The molecule has 1 aliphatic heterocycles. The van der Waals surface area contributed by atoms with Crippen LogP contribution in [0.25, 0.3) is 10.8 Å². The molecule has 0 fully saturated rings. The SMILES string of the molecule is CCOC(=O)C1=C(NC(=O)COc2ccccc2[N+](=O)[O-])Oc2ccc3ccccc3c2C1c1ccccc1. The van der Waals surface area contributed by atoms with E-state index in [1.165, 1.54) is 18.2 Å². The number of hydrogen-bond donors (Lipinski definition) is 1. The van der Waals surface area contributed by atoms with Crippen LogP contribution in [0.4, 0.5) is 5.69 Å². The van der Waals surface area contributed by atoms with Crippen molar-refractivity contribution in [3.05, 3.63) is 124 Å². The summed E-state index contributed by atoms with van der Waals surface area (Å²) < 4.78 is 17.0. The second kappa shape index (κ2) is 11.1. The molecular formula is C30H24N2O7. The summed E-state index contributed by atoms with van der Waals surface area (Å²) in [5.41, 5.74) is 1.45. The minimum Gasteiger partial charge on any atom is -0.477 e. The van der Waals surface area contributed by atoms with Crippen molar-refractivity contribution in [3.63, 3.8) is 0 Å². The molecule has 4 aromatic carbocycles. The molecule has 1 atom stereocenters. The Morgan fingerprint density at radius 2 is 1.67 bits per heavy atom. The first-order chi connectivity index (χ1) is 19.0. The maximum Gasteiger partial charge on any atom is 0.340 e. The number of carbonyl (C=O) groups is 2. The number of nitrogens with one attached hydrogen (secondary N) is 1. The number of nitrogens with zero attached hydrogens (tertiary/aromatic N) is 1. The summed E-state index contributed by atoms with van der Waals surface area (Å²) >= 11 is 0. The van der Waals surface area contributed by atoms with Gasteiger partial charge in [0.25, 0.3) is 5.91 Å². The number of amides is 1. The lowest BCUT2D eigenvalue weighted by atomic mass is 9.80. The Labute approximate surface area is 223 Å². The number of nitro groups is 1. The van der Waals surface area contributed by atoms with E-state index in [4.69, 9.17) is 14.2 Å². The number of fused-ring (bicyclic) bond motifs is 3. The summed E-state index contributed by atoms with van der Waals surface area (Å²) in [6.07, 6.45) is 0. The third-order valence-corrected chi connectivity index (χ3v) is 6.27. The van der Waals surface area contributed by atoms with Crippen LogP contribution in [-0.4, -0.2) is 30.0 Å². The van der Waals surface area contributed by atoms with Gasteiger partial charge in [0.2, 0.25) is 5.88 Å². The monoisotopic (exact) mass is 524 g/mol. The van der Waals surface area contributed by atoms with Crippen LogP contribution in [0.2, 0.25) is 0 Å². The van der Waals surface area contributed by atoms with Gasteiger partial charge in [0.1, 0.15) is 11.3 Å². The normalized spacial score (nSPS) is 14.2. The number of para-hydroxylation sites is 2. The van der Waals surface area contributed by atoms with Gasteiger partial charge in [-0.15, -0.1) is 0 Å². The topological polar surface area (TPSA) is 117 Å². The molecule has 196 valence electrons. The maximum atomic E-state index is 13.4. The molecule has 1 amide bonds. The highest BCUT2D eigenvalue weighted by Crippen LogP contribution is 2.46. The Balaban J connectivity index is 1.56. The first-order valence-corrected chi connectivity index (χ1v) is 12.3. The van der Waals surface area contributed by atoms with Gasteiger partial charge in [0.15, 0.2) is 12.4 Å². The quantitative estimate of drug-likeness (QED) is 0.190. The number of ether oxygens (including phenoxy) is 3. The van der Waals surface area contributed by atoms with Gasteiger partial charge in [-0.2, -0.15) is 0 Å². The Morgan fingerprint density at radius 1 is 0.949 bits per heavy atom. The zero-order valence-electron chi connectivity index (χ0n) is 21.0. The fourth-order valence-electron chi connectivity index (χ4n) is 4.63. The number of hydrogen-bond acceptors (Lipinski definition) is 7. The Bertz CT molecular complexity index is 1600. The maximum absolute atomic E-state index is 13.4. The number of nitro benzene ring substituents is 1. The van der Waals surface area contributed by atoms with Crippen molar-refractivity contribution in [2.24, 2.45) is 0 Å². The van der Waals surface area contributed by atoms with Crippen LogP contribution in [0.5, 0.6) is 11.5 Å². The van der Waals surface area contributed by atoms with Crippen LogP contribution < -0.4 is 14.8 Å². The van der Waals surface area contributed by atoms with Gasteiger partial charge in [-0.05, 0) is 35.4 Å². The van der Waals surface area contributed by atoms with Gasteiger partial charge in [0.05, 0.1) is 17.4 Å². The van der Waals surface area contributed by atoms with E-state index in [-0.39, 0.29) is 29.5 Å². The van der Waals surface area contributed by atoms with Crippen LogP contribution in [0.3, 0.4) is 0 Å². The Morgan fingerprint density at radius 3 is 2.44 bits per heavy atom. The van der Waals surface area contributed by atoms with E-state index in [1.54, 1.807) is 19.1 Å². The van der Waals surface area contributed by atoms with Gasteiger partial charge < -0.3 is 14.2 Å². The fourth-order valence-corrected chi connectivity index (χ4v) is 4.63. The molecular weight excluding hydrogens is 500 g/mol. The van der Waals surface area contributed by atoms with Gasteiger partial charge in [-0.3, -0.25) is 20.2 Å². The van der Waals surface area contributed by atoms with E-state index >= 15 is 0 Å². The van der Waals surface area contributed by atoms with E-state index < -0.39 is 29.3 Å². The molecule has 5 rings (SSSR count). The highest BCUT2D eigenvalue weighted by Gasteiger charge is 2.38. The van der Waals surface area contributed by atoms with Gasteiger partial charge in [-0.25, -0.2) is 4.79 Å². The largest absolute Gasteiger partial charge is 0.477 e. The molecule has 4 aromatic rings. The van der Waals surface area contributed by atoms with E-state index in [0.717, 1.165) is 21.9 Å². The van der Waals surface area contributed by atoms with E-state index in [1.807, 2.05) is 60.7 Å². The molecule has 9 heteroatoms. The highest BCUT2D eigenvalue weighted by molar-refractivity contribution is 5.98. The lowest BCUT2D eigenvalue weighted by Gasteiger charge is -2.31. The summed E-state index contributed by atoms with van der Waals surface area (Å²) in [5, 5.41) is 15.8. The number of rotatable bonds is 8. The van der Waals surface area contributed by atoms with Crippen LogP contribution in [0.15, 0.2) is 102 Å². The molecule has 9 nitrogen and oxygen atoms in total. The lowest BCUT2D eigenvalue weighted by Crippen LogP contribution is -2.36. The molecule has 0 bridgehead atoms. The average molecular weight is 525 g/mol. The predicted octanol–water partition coefficient (Wildman–Crippen LogP) is 5.24. The third kappa shape index (κ3) is 5.15. The number of esters is 1. The molecule has 0 aliphatic carbocycles. The minimum atomic E-state index is -0.666. The fraction of sp³-hybridized carbons (Fsp3) is 0.133. The van der Waals surface area contributed by atoms with Crippen LogP contribution >= 0.6 is 0 Å². The Hall–Kier alpha value is -5.18. The molecule has 0 spiro atoms. The minimum absolute atomic E-state index is 0.0548. The summed E-state index contributed by atoms with van der Waals surface area (Å²) in [7, 11) is 0. The molecule has 0 radical (unpaired) electrons. The standard InChI is InChI=1S/C30H24N2O7/c1-2-37-30(34)28-26(20-11-4-3-5-12-20)27-21-13-7-6-10-19(21)16-17-24(27)39-29(28)31-25(33)18-38-23-15-9-8-14-22(23)32(35)36/h3-17,26H,2,18H2,1H3,(H,31,33). The van der Waals surface area contributed by atoms with Gasteiger partial charge in [-0.1, -0.05) is 72.8 Å². The number of benzene rings is 4. The molecule has 0 saturated heterocycles. The first-order valence-electron chi connectivity index (χ1n) is 12.3. The van der Waals surface area contributed by atoms with E-state index in [9.17, 15) is 19.7 Å². The molecule has 39 heavy (non-hydrogen) atoms. The van der Waals surface area contributed by atoms with Crippen molar-refractivity contribution >= 4 is 28.3 Å². The van der Waals surface area contributed by atoms with E-state index in [0.29, 0.717) is 5.75 Å². The van der Waals surface area contributed by atoms with Crippen molar-refractivity contribution < 1.29 is 28.7 Å². The zero-order valence-corrected chi connectivity index (χ0v) is 21.0. The van der Waals surface area contributed by atoms with Crippen molar-refractivity contribution in [2.45, 2.75) is 12.8 Å².